The zero-order valence-electron chi connectivity index (χ0n) is 12.6. The molecule has 7 heteroatoms. The molecule has 1 rings (SSSR count). The van der Waals surface area contributed by atoms with Crippen molar-refractivity contribution in [3.8, 4) is 0 Å². The van der Waals surface area contributed by atoms with Gasteiger partial charge in [-0.3, -0.25) is 4.99 Å². The molecule has 21 heavy (non-hydrogen) atoms. The molecular formula is C14H22BrN3O2S. The first-order valence-electron chi connectivity index (χ1n) is 6.73. The number of hydrogen-bond donors (Lipinski definition) is 1. The molecule has 0 atom stereocenters. The lowest BCUT2D eigenvalue weighted by Crippen LogP contribution is -2.38. The van der Waals surface area contributed by atoms with Gasteiger partial charge in [0.15, 0.2) is 5.96 Å². The van der Waals surface area contributed by atoms with E-state index in [0.29, 0.717) is 12.5 Å². The van der Waals surface area contributed by atoms with Crippen molar-refractivity contribution >= 4 is 31.7 Å². The number of hydrogen-bond acceptors (Lipinski definition) is 3. The maximum atomic E-state index is 11.2. The lowest BCUT2D eigenvalue weighted by molar-refractivity contribution is 0.477. The first-order chi connectivity index (χ1) is 9.81. The predicted molar refractivity (Wildman–Crippen MR) is 91.3 cm³/mol. The molecule has 0 fully saturated rings. The Morgan fingerprint density at radius 1 is 1.33 bits per heavy atom. The van der Waals surface area contributed by atoms with Crippen molar-refractivity contribution in [3.63, 3.8) is 0 Å². The molecule has 0 bridgehead atoms. The van der Waals surface area contributed by atoms with Gasteiger partial charge in [0.1, 0.15) is 9.84 Å². The van der Waals surface area contributed by atoms with Gasteiger partial charge in [-0.15, -0.1) is 0 Å². The van der Waals surface area contributed by atoms with Gasteiger partial charge in [0.25, 0.3) is 0 Å². The van der Waals surface area contributed by atoms with Crippen molar-refractivity contribution in [1.29, 1.82) is 0 Å². The van der Waals surface area contributed by atoms with Crippen LogP contribution >= 0.6 is 15.9 Å². The number of sulfone groups is 1. The summed E-state index contributed by atoms with van der Waals surface area (Å²) in [6, 6.07) is 8.08. The molecule has 0 aliphatic heterocycles. The van der Waals surface area contributed by atoms with Crippen molar-refractivity contribution in [2.24, 2.45) is 4.99 Å². The summed E-state index contributed by atoms with van der Waals surface area (Å²) in [5.74, 6) is 0.776. The molecule has 0 aromatic heterocycles. The molecule has 0 unspecified atom stereocenters. The maximum absolute atomic E-state index is 11.2. The zero-order chi connectivity index (χ0) is 15.9. The number of rotatable bonds is 6. The normalized spacial score (nSPS) is 12.3. The van der Waals surface area contributed by atoms with E-state index >= 15 is 0 Å². The van der Waals surface area contributed by atoms with E-state index in [0.717, 1.165) is 16.6 Å². The van der Waals surface area contributed by atoms with Crippen molar-refractivity contribution < 1.29 is 8.42 Å². The summed E-state index contributed by atoms with van der Waals surface area (Å²) in [6.07, 6.45) is 1.22. The summed E-state index contributed by atoms with van der Waals surface area (Å²) in [5.41, 5.74) is 1.16. The number of nitrogens with zero attached hydrogens (tertiary/aromatic N) is 2. The van der Waals surface area contributed by atoms with Crippen LogP contribution in [0.3, 0.4) is 0 Å². The number of benzene rings is 1. The van der Waals surface area contributed by atoms with E-state index in [1.54, 1.807) is 0 Å². The minimum atomic E-state index is -2.98. The third-order valence-corrected chi connectivity index (χ3v) is 4.21. The highest BCUT2D eigenvalue weighted by molar-refractivity contribution is 9.10. The second-order valence-electron chi connectivity index (χ2n) is 4.85. The van der Waals surface area contributed by atoms with Crippen LogP contribution in [-0.4, -0.2) is 51.4 Å². The van der Waals surface area contributed by atoms with Gasteiger partial charge in [-0.1, -0.05) is 28.1 Å². The average molecular weight is 376 g/mol. The van der Waals surface area contributed by atoms with Gasteiger partial charge in [0.05, 0.1) is 12.3 Å². The topological polar surface area (TPSA) is 61.8 Å². The van der Waals surface area contributed by atoms with E-state index < -0.39 is 9.84 Å². The molecule has 0 heterocycles. The Morgan fingerprint density at radius 3 is 2.48 bits per heavy atom. The Morgan fingerprint density at radius 2 is 1.95 bits per heavy atom. The van der Waals surface area contributed by atoms with Crippen molar-refractivity contribution in [1.82, 2.24) is 10.2 Å². The minimum absolute atomic E-state index is 0.0635. The van der Waals surface area contributed by atoms with Crippen LogP contribution in [0, 0.1) is 0 Å². The molecule has 118 valence electrons. The lowest BCUT2D eigenvalue weighted by atomic mass is 10.2. The van der Waals surface area contributed by atoms with E-state index in [4.69, 9.17) is 0 Å². The molecule has 0 spiro atoms. The van der Waals surface area contributed by atoms with Crippen LogP contribution in [0.1, 0.15) is 12.5 Å². The molecule has 0 radical (unpaired) electrons. The molecule has 1 aromatic carbocycles. The third kappa shape index (κ3) is 7.47. The zero-order valence-corrected chi connectivity index (χ0v) is 15.0. The average Bonchev–Trinajstić information content (AvgIpc) is 2.39. The van der Waals surface area contributed by atoms with Crippen molar-refractivity contribution in [2.75, 3.05) is 32.1 Å². The lowest BCUT2D eigenvalue weighted by Gasteiger charge is -2.22. The van der Waals surface area contributed by atoms with Gasteiger partial charge in [0, 0.05) is 30.9 Å². The molecule has 0 saturated heterocycles. The summed E-state index contributed by atoms with van der Waals surface area (Å²) in [6.45, 7) is 3.70. The van der Waals surface area contributed by atoms with E-state index in [9.17, 15) is 8.42 Å². The summed E-state index contributed by atoms with van der Waals surface area (Å²) in [7, 11) is -1.05. The molecule has 1 N–H and O–H groups in total. The molecule has 5 nitrogen and oxygen atoms in total. The van der Waals surface area contributed by atoms with Crippen LogP contribution in [0.25, 0.3) is 0 Å². The monoisotopic (exact) mass is 375 g/mol. The van der Waals surface area contributed by atoms with Gasteiger partial charge in [0.2, 0.25) is 0 Å². The summed E-state index contributed by atoms with van der Waals surface area (Å²) in [4.78, 5) is 6.34. The fourth-order valence-electron chi connectivity index (χ4n) is 1.73. The maximum Gasteiger partial charge on any atom is 0.193 e. The van der Waals surface area contributed by atoms with E-state index in [1.807, 2.05) is 43.1 Å². The van der Waals surface area contributed by atoms with E-state index in [2.05, 4.69) is 26.2 Å². The molecule has 0 aliphatic carbocycles. The molecule has 1 aromatic rings. The van der Waals surface area contributed by atoms with Crippen LogP contribution in [0.4, 0.5) is 0 Å². The smallest absolute Gasteiger partial charge is 0.193 e. The Labute approximate surface area is 135 Å². The minimum Gasteiger partial charge on any atom is -0.357 e. The van der Waals surface area contributed by atoms with Gasteiger partial charge < -0.3 is 10.2 Å². The molecule has 0 amide bonds. The summed E-state index contributed by atoms with van der Waals surface area (Å²) in [5, 5.41) is 3.17. The number of guanidine groups is 1. The quantitative estimate of drug-likeness (QED) is 0.609. The highest BCUT2D eigenvalue weighted by Gasteiger charge is 2.07. The highest BCUT2D eigenvalue weighted by Crippen LogP contribution is 2.11. The highest BCUT2D eigenvalue weighted by atomic mass is 79.9. The van der Waals surface area contributed by atoms with Crippen LogP contribution in [-0.2, 0) is 16.4 Å². The molecule has 0 saturated carbocycles. The fraction of sp³-hybridized carbons (Fsp3) is 0.500. The Kier molecular flexibility index (Phi) is 7.17. The molecule has 0 aliphatic rings. The second-order valence-corrected chi connectivity index (χ2v) is 8.02. The number of aliphatic imine (C=N–C) groups is 1. The Balaban J connectivity index is 2.69. The number of halogens is 1. The fourth-order valence-corrected chi connectivity index (χ4v) is 2.41. The second kappa shape index (κ2) is 8.38. The van der Waals surface area contributed by atoms with Crippen LogP contribution in [0.15, 0.2) is 33.7 Å². The van der Waals surface area contributed by atoms with Gasteiger partial charge >= 0.3 is 0 Å². The first-order valence-corrected chi connectivity index (χ1v) is 9.59. The predicted octanol–water partition coefficient (Wildman–Crippen LogP) is 1.89. The van der Waals surface area contributed by atoms with Crippen LogP contribution < -0.4 is 5.32 Å². The van der Waals surface area contributed by atoms with Crippen LogP contribution in [0.5, 0.6) is 0 Å². The molecular weight excluding hydrogens is 354 g/mol. The van der Waals surface area contributed by atoms with Gasteiger partial charge in [-0.05, 0) is 24.6 Å². The third-order valence-electron chi connectivity index (χ3n) is 2.75. The van der Waals surface area contributed by atoms with E-state index in [-0.39, 0.29) is 12.3 Å². The first kappa shape index (κ1) is 18.0. The van der Waals surface area contributed by atoms with Gasteiger partial charge in [-0.2, -0.15) is 0 Å². The van der Waals surface area contributed by atoms with E-state index in [1.165, 1.54) is 6.26 Å². The summed E-state index contributed by atoms with van der Waals surface area (Å²) < 4.78 is 23.4. The Bertz CT molecular complexity index is 570. The summed E-state index contributed by atoms with van der Waals surface area (Å²) >= 11 is 3.41. The van der Waals surface area contributed by atoms with Crippen molar-refractivity contribution in [2.45, 2.75) is 13.5 Å². The standard InChI is InChI=1S/C14H22BrN3O2S/c1-4-16-14(17-9-10-21(3,19)20)18(2)11-12-5-7-13(15)8-6-12/h5-8H,4,9-11H2,1-3H3,(H,16,17). The van der Waals surface area contributed by atoms with Gasteiger partial charge in [-0.25, -0.2) is 8.42 Å². The van der Waals surface area contributed by atoms with Crippen LogP contribution in [0.2, 0.25) is 0 Å². The largest absolute Gasteiger partial charge is 0.357 e. The SMILES string of the molecule is CCNC(=NCCS(C)(=O)=O)N(C)Cc1ccc(Br)cc1. The number of nitrogens with one attached hydrogen (secondary N) is 1. The van der Waals surface area contributed by atoms with Crippen molar-refractivity contribution in [3.05, 3.63) is 34.3 Å². The Hall–Kier alpha value is -1.08.